The molecular formula is C6H14O8. The summed E-state index contributed by atoms with van der Waals surface area (Å²) in [6.07, 6.45) is -9.29. The Balaban J connectivity index is 4.59. The summed E-state index contributed by atoms with van der Waals surface area (Å²) in [4.78, 5) is 0. The van der Waals surface area contributed by atoms with Crippen molar-refractivity contribution in [2.75, 3.05) is 6.61 Å². The molecule has 3 atom stereocenters. The summed E-state index contributed by atoms with van der Waals surface area (Å²) >= 11 is 0. The monoisotopic (exact) mass is 214 g/mol. The topological polar surface area (TPSA) is 162 Å². The highest BCUT2D eigenvalue weighted by Crippen LogP contribution is 2.17. The number of rotatable bonds is 5. The SMILES string of the molecule is OC[C@@H](O)[C@@H](O)C(O)(O)[C@H](O)C(O)O. The minimum atomic E-state index is -3.34. The van der Waals surface area contributed by atoms with Gasteiger partial charge in [-0.15, -0.1) is 0 Å². The van der Waals surface area contributed by atoms with Gasteiger partial charge in [0.1, 0.15) is 12.2 Å². The minimum Gasteiger partial charge on any atom is -0.394 e. The number of aliphatic hydroxyl groups excluding tert-OH is 5. The van der Waals surface area contributed by atoms with E-state index in [4.69, 9.17) is 40.9 Å². The number of aliphatic hydroxyl groups is 8. The van der Waals surface area contributed by atoms with Crippen LogP contribution >= 0.6 is 0 Å². The number of hydrogen-bond donors (Lipinski definition) is 8. The van der Waals surface area contributed by atoms with E-state index in [0.29, 0.717) is 0 Å². The quantitative estimate of drug-likeness (QED) is 0.211. The summed E-state index contributed by atoms with van der Waals surface area (Å²) in [6, 6.07) is 0. The molecule has 0 unspecified atom stereocenters. The van der Waals surface area contributed by atoms with Crippen molar-refractivity contribution in [2.45, 2.75) is 30.4 Å². The summed E-state index contributed by atoms with van der Waals surface area (Å²) in [6.45, 7) is -0.988. The van der Waals surface area contributed by atoms with Crippen molar-refractivity contribution < 1.29 is 40.9 Å². The van der Waals surface area contributed by atoms with Crippen LogP contribution < -0.4 is 0 Å². The molecule has 0 aliphatic heterocycles. The predicted molar refractivity (Wildman–Crippen MR) is 40.5 cm³/mol. The summed E-state index contributed by atoms with van der Waals surface area (Å²) < 4.78 is 0. The van der Waals surface area contributed by atoms with E-state index < -0.39 is 37.0 Å². The van der Waals surface area contributed by atoms with Gasteiger partial charge in [0.25, 0.3) is 0 Å². The molecule has 8 nitrogen and oxygen atoms in total. The first-order chi connectivity index (χ1) is 6.25. The molecule has 0 saturated heterocycles. The van der Waals surface area contributed by atoms with Gasteiger partial charge in [0.15, 0.2) is 12.4 Å². The zero-order chi connectivity index (χ0) is 11.5. The molecule has 0 bridgehead atoms. The molecule has 14 heavy (non-hydrogen) atoms. The van der Waals surface area contributed by atoms with E-state index >= 15 is 0 Å². The van der Waals surface area contributed by atoms with Gasteiger partial charge in [-0.05, 0) is 0 Å². The van der Waals surface area contributed by atoms with Crippen LogP contribution in [0.2, 0.25) is 0 Å². The second-order valence-corrected chi connectivity index (χ2v) is 2.84. The maximum atomic E-state index is 8.99. The highest BCUT2D eigenvalue weighted by molar-refractivity contribution is 4.88. The molecule has 0 rings (SSSR count). The second kappa shape index (κ2) is 4.96. The molecule has 8 heteroatoms. The number of hydrogen-bond acceptors (Lipinski definition) is 8. The van der Waals surface area contributed by atoms with Gasteiger partial charge in [-0.25, -0.2) is 0 Å². The highest BCUT2D eigenvalue weighted by atomic mass is 16.6. The fourth-order valence-corrected chi connectivity index (χ4v) is 0.777. The lowest BCUT2D eigenvalue weighted by molar-refractivity contribution is -0.325. The smallest absolute Gasteiger partial charge is 0.224 e. The molecule has 0 fully saturated rings. The zero-order valence-corrected chi connectivity index (χ0v) is 7.09. The molecule has 0 amide bonds. The standard InChI is InChI=1S/C6H14O8/c7-1-2(8)3(9)6(13,14)4(10)5(11)12/h2-5,7-14H,1H2/t2-,3-,4-/m1/s1. The molecule has 0 saturated carbocycles. The average Bonchev–Trinajstić information content (AvgIpc) is 2.13. The van der Waals surface area contributed by atoms with Gasteiger partial charge in [-0.3, -0.25) is 0 Å². The van der Waals surface area contributed by atoms with Crippen molar-refractivity contribution in [3.8, 4) is 0 Å². The van der Waals surface area contributed by atoms with Gasteiger partial charge in [0, 0.05) is 0 Å². The molecule has 0 aliphatic rings. The minimum absolute atomic E-state index is 0.988. The van der Waals surface area contributed by atoms with Crippen LogP contribution in [0.5, 0.6) is 0 Å². The Bertz CT molecular complexity index is 169. The van der Waals surface area contributed by atoms with E-state index in [1.807, 2.05) is 0 Å². The molecule has 0 aromatic heterocycles. The fourth-order valence-electron chi connectivity index (χ4n) is 0.777. The third-order valence-electron chi connectivity index (χ3n) is 1.70. The first-order valence-electron chi connectivity index (χ1n) is 3.71. The molecular weight excluding hydrogens is 200 g/mol. The van der Waals surface area contributed by atoms with E-state index in [-0.39, 0.29) is 0 Å². The molecule has 0 aliphatic carbocycles. The molecule has 0 radical (unpaired) electrons. The molecule has 0 aromatic rings. The van der Waals surface area contributed by atoms with E-state index in [0.717, 1.165) is 0 Å². The van der Waals surface area contributed by atoms with Crippen LogP contribution in [0.3, 0.4) is 0 Å². The lowest BCUT2D eigenvalue weighted by Gasteiger charge is -2.34. The lowest BCUT2D eigenvalue weighted by Crippen LogP contribution is -2.60. The van der Waals surface area contributed by atoms with Gasteiger partial charge in [-0.2, -0.15) is 0 Å². The first kappa shape index (κ1) is 13.7. The van der Waals surface area contributed by atoms with Gasteiger partial charge >= 0.3 is 0 Å². The summed E-state index contributed by atoms with van der Waals surface area (Å²) in [5.41, 5.74) is 0. The van der Waals surface area contributed by atoms with Crippen molar-refractivity contribution in [1.82, 2.24) is 0 Å². The third kappa shape index (κ3) is 2.83. The summed E-state index contributed by atoms with van der Waals surface area (Å²) in [7, 11) is 0. The molecule has 86 valence electrons. The van der Waals surface area contributed by atoms with E-state index in [2.05, 4.69) is 0 Å². The van der Waals surface area contributed by atoms with E-state index in [9.17, 15) is 0 Å². The van der Waals surface area contributed by atoms with Gasteiger partial charge < -0.3 is 40.9 Å². The Kier molecular flexibility index (Phi) is 4.84. The lowest BCUT2D eigenvalue weighted by atomic mass is 9.99. The summed E-state index contributed by atoms with van der Waals surface area (Å²) in [5, 5.41) is 69.7. The molecule has 0 heterocycles. The van der Waals surface area contributed by atoms with Crippen LogP contribution in [0.4, 0.5) is 0 Å². The molecule has 8 N–H and O–H groups in total. The van der Waals surface area contributed by atoms with Crippen LogP contribution in [0.25, 0.3) is 0 Å². The van der Waals surface area contributed by atoms with Crippen LogP contribution in [0, 0.1) is 0 Å². The maximum Gasteiger partial charge on any atom is 0.224 e. The third-order valence-corrected chi connectivity index (χ3v) is 1.70. The Hall–Kier alpha value is -0.320. The van der Waals surface area contributed by atoms with Crippen molar-refractivity contribution in [3.05, 3.63) is 0 Å². The first-order valence-corrected chi connectivity index (χ1v) is 3.71. The van der Waals surface area contributed by atoms with E-state index in [1.165, 1.54) is 0 Å². The zero-order valence-electron chi connectivity index (χ0n) is 7.09. The van der Waals surface area contributed by atoms with Crippen molar-refractivity contribution in [1.29, 1.82) is 0 Å². The Labute approximate surface area is 78.9 Å². The van der Waals surface area contributed by atoms with Crippen molar-refractivity contribution in [2.24, 2.45) is 0 Å². The Morgan fingerprint density at radius 3 is 1.57 bits per heavy atom. The van der Waals surface area contributed by atoms with Crippen LogP contribution in [-0.2, 0) is 0 Å². The largest absolute Gasteiger partial charge is 0.394 e. The summed E-state index contributed by atoms with van der Waals surface area (Å²) in [5.74, 6) is -3.34. The maximum absolute atomic E-state index is 8.99. The Morgan fingerprint density at radius 1 is 0.857 bits per heavy atom. The van der Waals surface area contributed by atoms with Crippen LogP contribution in [0.15, 0.2) is 0 Å². The highest BCUT2D eigenvalue weighted by Gasteiger charge is 2.47. The normalized spacial score (nSPS) is 19.5. The van der Waals surface area contributed by atoms with Crippen molar-refractivity contribution >= 4 is 0 Å². The van der Waals surface area contributed by atoms with Gasteiger partial charge in [-0.1, -0.05) is 0 Å². The molecule has 0 aromatic carbocycles. The fraction of sp³-hybridized carbons (Fsp3) is 1.00. The van der Waals surface area contributed by atoms with E-state index in [1.54, 1.807) is 0 Å². The Morgan fingerprint density at radius 2 is 1.29 bits per heavy atom. The van der Waals surface area contributed by atoms with Crippen molar-refractivity contribution in [3.63, 3.8) is 0 Å². The van der Waals surface area contributed by atoms with Crippen LogP contribution in [0.1, 0.15) is 0 Å². The second-order valence-electron chi connectivity index (χ2n) is 2.84. The van der Waals surface area contributed by atoms with Gasteiger partial charge in [0.2, 0.25) is 5.79 Å². The predicted octanol–water partition coefficient (Wildman–Crippen LogP) is -4.95. The van der Waals surface area contributed by atoms with Gasteiger partial charge in [0.05, 0.1) is 6.61 Å². The van der Waals surface area contributed by atoms with Crippen LogP contribution in [-0.4, -0.2) is 77.8 Å². The molecule has 0 spiro atoms. The average molecular weight is 214 g/mol.